The summed E-state index contributed by atoms with van der Waals surface area (Å²) in [5, 5.41) is 9.02. The summed E-state index contributed by atoms with van der Waals surface area (Å²) < 4.78 is 16.7. The van der Waals surface area contributed by atoms with Crippen LogP contribution in [0.2, 0.25) is 0 Å². The highest BCUT2D eigenvalue weighted by atomic mass is 79.9. The van der Waals surface area contributed by atoms with Crippen LogP contribution in [0, 0.1) is 5.41 Å². The van der Waals surface area contributed by atoms with Crippen molar-refractivity contribution >= 4 is 33.7 Å². The average Bonchev–Trinajstić information content (AvgIpc) is 2.64. The quantitative estimate of drug-likeness (QED) is 0.617. The Labute approximate surface area is 181 Å². The van der Waals surface area contributed by atoms with E-state index in [0.717, 1.165) is 0 Å². The number of rotatable bonds is 5. The first-order valence-corrected chi connectivity index (χ1v) is 9.99. The van der Waals surface area contributed by atoms with Crippen LogP contribution >= 0.6 is 15.9 Å². The van der Waals surface area contributed by atoms with E-state index in [4.69, 9.17) is 25.1 Å². The maximum atomic E-state index is 13.2. The Bertz CT molecular complexity index is 993. The van der Waals surface area contributed by atoms with Gasteiger partial charge in [0.05, 0.1) is 13.0 Å². The molecular formula is C21H22BrNO7. The van der Waals surface area contributed by atoms with Crippen LogP contribution in [0.25, 0.3) is 0 Å². The summed E-state index contributed by atoms with van der Waals surface area (Å²) >= 11 is 3.39. The van der Waals surface area contributed by atoms with Gasteiger partial charge < -0.3 is 25.1 Å². The van der Waals surface area contributed by atoms with Crippen LogP contribution in [0.1, 0.15) is 38.2 Å². The molecule has 2 aliphatic rings. The number of carbonyl (C=O) groups is 3. The molecule has 3 rings (SSSR count). The molecule has 3 N–H and O–H groups in total. The number of carboxylic acid groups (broad SMARTS) is 1. The fourth-order valence-corrected chi connectivity index (χ4v) is 4.20. The van der Waals surface area contributed by atoms with E-state index in [0.29, 0.717) is 27.8 Å². The SMILES string of the molecule is COC(=O)C1=C(N)OC2=C(C(=O)CC(C)(C)C2)C1c1cc(Br)ccc1OCC(=O)O. The summed E-state index contributed by atoms with van der Waals surface area (Å²) in [6, 6.07) is 4.91. The Hall–Kier alpha value is -2.81. The summed E-state index contributed by atoms with van der Waals surface area (Å²) in [5.74, 6) is -2.53. The molecule has 1 unspecified atom stereocenters. The van der Waals surface area contributed by atoms with Gasteiger partial charge in [-0.05, 0) is 23.6 Å². The summed E-state index contributed by atoms with van der Waals surface area (Å²) in [5.41, 5.74) is 6.47. The van der Waals surface area contributed by atoms with Crippen LogP contribution in [0.5, 0.6) is 5.75 Å². The largest absolute Gasteiger partial charge is 0.482 e. The van der Waals surface area contributed by atoms with Crippen molar-refractivity contribution in [1.29, 1.82) is 0 Å². The second-order valence-electron chi connectivity index (χ2n) is 7.95. The summed E-state index contributed by atoms with van der Waals surface area (Å²) in [6.07, 6.45) is 0.721. The van der Waals surface area contributed by atoms with E-state index < -0.39 is 24.5 Å². The number of methoxy groups -OCH3 is 1. The van der Waals surface area contributed by atoms with Gasteiger partial charge in [-0.2, -0.15) is 0 Å². The second kappa shape index (κ2) is 8.14. The summed E-state index contributed by atoms with van der Waals surface area (Å²) in [4.78, 5) is 36.8. The standard InChI is InChI=1S/C21H22BrNO7/c1-21(2)7-12(24)17-14(8-21)30-19(23)18(20(27)28-3)16(17)11-6-10(22)4-5-13(11)29-9-15(25)26/h4-6,16H,7-9,23H2,1-3H3,(H,25,26). The topological polar surface area (TPSA) is 125 Å². The van der Waals surface area contributed by atoms with Crippen LogP contribution < -0.4 is 10.5 Å². The van der Waals surface area contributed by atoms with Gasteiger partial charge in [0, 0.05) is 28.5 Å². The normalized spacial score (nSPS) is 20.4. The fourth-order valence-electron chi connectivity index (χ4n) is 3.82. The van der Waals surface area contributed by atoms with Crippen molar-refractivity contribution < 1.29 is 33.7 Å². The predicted octanol–water partition coefficient (Wildman–Crippen LogP) is 3.01. The van der Waals surface area contributed by atoms with Crippen molar-refractivity contribution in [3.8, 4) is 5.75 Å². The number of aliphatic carboxylic acids is 1. The molecule has 0 radical (unpaired) electrons. The third-order valence-electron chi connectivity index (χ3n) is 4.99. The smallest absolute Gasteiger partial charge is 0.341 e. The molecule has 0 saturated heterocycles. The average molecular weight is 480 g/mol. The number of allylic oxidation sites excluding steroid dienone is 2. The van der Waals surface area contributed by atoms with Gasteiger partial charge in [0.25, 0.3) is 0 Å². The molecule has 0 aromatic heterocycles. The zero-order valence-corrected chi connectivity index (χ0v) is 18.4. The van der Waals surface area contributed by atoms with Gasteiger partial charge in [-0.1, -0.05) is 29.8 Å². The van der Waals surface area contributed by atoms with Gasteiger partial charge in [0.2, 0.25) is 5.88 Å². The van der Waals surface area contributed by atoms with Gasteiger partial charge in [0.1, 0.15) is 17.1 Å². The highest BCUT2D eigenvalue weighted by Crippen LogP contribution is 2.50. The third kappa shape index (κ3) is 4.21. The van der Waals surface area contributed by atoms with Crippen LogP contribution in [0.3, 0.4) is 0 Å². The van der Waals surface area contributed by atoms with Crippen molar-refractivity contribution in [3.05, 3.63) is 51.0 Å². The number of benzene rings is 1. The predicted molar refractivity (Wildman–Crippen MR) is 109 cm³/mol. The number of ether oxygens (including phenoxy) is 3. The minimum atomic E-state index is -1.16. The Morgan fingerprint density at radius 2 is 2.03 bits per heavy atom. The molecule has 8 nitrogen and oxygen atoms in total. The molecule has 0 amide bonds. The van der Waals surface area contributed by atoms with Crippen molar-refractivity contribution in [2.75, 3.05) is 13.7 Å². The number of esters is 1. The van der Waals surface area contributed by atoms with Crippen molar-refractivity contribution in [2.45, 2.75) is 32.6 Å². The lowest BCUT2D eigenvalue weighted by molar-refractivity contribution is -0.139. The van der Waals surface area contributed by atoms with Crippen LogP contribution in [0.15, 0.2) is 45.5 Å². The molecule has 1 aromatic carbocycles. The van der Waals surface area contributed by atoms with Gasteiger partial charge >= 0.3 is 11.9 Å². The Kier molecular flexibility index (Phi) is 5.94. The van der Waals surface area contributed by atoms with Crippen molar-refractivity contribution in [3.63, 3.8) is 0 Å². The van der Waals surface area contributed by atoms with E-state index in [9.17, 15) is 14.4 Å². The Morgan fingerprint density at radius 1 is 1.33 bits per heavy atom. The summed E-state index contributed by atoms with van der Waals surface area (Å²) in [6.45, 7) is 3.31. The lowest BCUT2D eigenvalue weighted by Gasteiger charge is -2.38. The molecule has 1 aliphatic carbocycles. The Balaban J connectivity index is 2.24. The lowest BCUT2D eigenvalue weighted by atomic mass is 9.70. The number of Topliss-reactive ketones (excluding diaryl/α,β-unsaturated/α-hetero) is 1. The van der Waals surface area contributed by atoms with E-state index in [2.05, 4.69) is 15.9 Å². The maximum absolute atomic E-state index is 13.2. The molecule has 0 bridgehead atoms. The molecule has 0 saturated carbocycles. The highest BCUT2D eigenvalue weighted by Gasteiger charge is 2.45. The lowest BCUT2D eigenvalue weighted by Crippen LogP contribution is -2.35. The molecule has 9 heteroatoms. The van der Waals surface area contributed by atoms with Gasteiger partial charge in [-0.3, -0.25) is 4.79 Å². The second-order valence-corrected chi connectivity index (χ2v) is 8.86. The van der Waals surface area contributed by atoms with Gasteiger partial charge in [-0.25, -0.2) is 9.59 Å². The van der Waals surface area contributed by atoms with Crippen molar-refractivity contribution in [2.24, 2.45) is 11.1 Å². The molecule has 0 fully saturated rings. The van der Waals surface area contributed by atoms with Gasteiger partial charge in [0.15, 0.2) is 12.4 Å². The number of halogens is 1. The molecule has 160 valence electrons. The van der Waals surface area contributed by atoms with E-state index in [-0.39, 0.29) is 34.8 Å². The number of carbonyl (C=O) groups excluding carboxylic acids is 2. The molecule has 1 heterocycles. The molecule has 30 heavy (non-hydrogen) atoms. The van der Waals surface area contributed by atoms with E-state index in [1.165, 1.54) is 7.11 Å². The molecule has 1 aromatic rings. The zero-order chi connectivity index (χ0) is 22.2. The van der Waals surface area contributed by atoms with E-state index in [1.807, 2.05) is 13.8 Å². The molecule has 0 spiro atoms. The molecule has 1 atom stereocenters. The number of hydrogen-bond acceptors (Lipinski definition) is 7. The van der Waals surface area contributed by atoms with Crippen LogP contribution in [0.4, 0.5) is 0 Å². The third-order valence-corrected chi connectivity index (χ3v) is 5.49. The number of ketones is 1. The van der Waals surface area contributed by atoms with Crippen LogP contribution in [-0.4, -0.2) is 36.5 Å². The fraction of sp³-hybridized carbons (Fsp3) is 0.381. The first-order valence-electron chi connectivity index (χ1n) is 9.20. The number of hydrogen-bond donors (Lipinski definition) is 2. The minimum absolute atomic E-state index is 0.0254. The molecular weight excluding hydrogens is 458 g/mol. The van der Waals surface area contributed by atoms with E-state index >= 15 is 0 Å². The Morgan fingerprint density at radius 3 is 2.67 bits per heavy atom. The molecule has 1 aliphatic heterocycles. The van der Waals surface area contributed by atoms with E-state index in [1.54, 1.807) is 18.2 Å². The maximum Gasteiger partial charge on any atom is 0.341 e. The first-order chi connectivity index (χ1) is 14.0. The highest BCUT2D eigenvalue weighted by molar-refractivity contribution is 9.10. The summed E-state index contributed by atoms with van der Waals surface area (Å²) in [7, 11) is 1.21. The zero-order valence-electron chi connectivity index (χ0n) is 16.8. The van der Waals surface area contributed by atoms with Crippen LogP contribution in [-0.2, 0) is 23.9 Å². The minimum Gasteiger partial charge on any atom is -0.482 e. The first kappa shape index (κ1) is 21.9. The monoisotopic (exact) mass is 479 g/mol. The van der Waals surface area contributed by atoms with Gasteiger partial charge in [-0.15, -0.1) is 0 Å². The van der Waals surface area contributed by atoms with Crippen molar-refractivity contribution in [1.82, 2.24) is 0 Å². The number of carboxylic acids is 1. The number of nitrogens with two attached hydrogens (primary N) is 1.